The fourth-order valence-corrected chi connectivity index (χ4v) is 3.35. The minimum absolute atomic E-state index is 0. The molecule has 0 aliphatic rings. The smallest absolute Gasteiger partial charge is 0.183 e. The van der Waals surface area contributed by atoms with Gasteiger partial charge in [-0.25, -0.2) is 0 Å². The lowest BCUT2D eigenvalue weighted by Gasteiger charge is -2.26. The van der Waals surface area contributed by atoms with Crippen LogP contribution in [0.15, 0.2) is 0 Å². The van der Waals surface area contributed by atoms with E-state index in [9.17, 15) is 0 Å². The van der Waals surface area contributed by atoms with Crippen LogP contribution < -0.4 is 11.9 Å². The van der Waals surface area contributed by atoms with Gasteiger partial charge in [-0.3, -0.25) is 0 Å². The maximum atomic E-state index is 6.33. The van der Waals surface area contributed by atoms with Gasteiger partial charge in [-0.15, -0.1) is 0 Å². The molecule has 0 aromatic carbocycles. The topological polar surface area (TPSA) is 79.5 Å². The van der Waals surface area contributed by atoms with E-state index in [0.29, 0.717) is 0 Å². The van der Waals surface area contributed by atoms with E-state index in [1.54, 1.807) is 0 Å². The lowest BCUT2D eigenvalue weighted by Crippen LogP contribution is -2.37. The van der Waals surface area contributed by atoms with Crippen LogP contribution in [-0.4, -0.2) is 35.4 Å². The van der Waals surface area contributed by atoms with Crippen molar-refractivity contribution in [1.82, 2.24) is 6.15 Å². The van der Waals surface area contributed by atoms with Crippen LogP contribution in [0, 0.1) is 0 Å². The van der Waals surface area contributed by atoms with Gasteiger partial charge in [0.1, 0.15) is 0 Å². The Balaban J connectivity index is 0. The van der Waals surface area contributed by atoms with Crippen molar-refractivity contribution in [2.24, 2.45) is 5.73 Å². The number of nitrogens with two attached hydrogens (primary N) is 1. The van der Waals surface area contributed by atoms with Crippen molar-refractivity contribution in [3.63, 3.8) is 0 Å². The molecule has 0 atom stereocenters. The number of hydrogen-bond acceptors (Lipinski definition) is 4. The quantitative estimate of drug-likeness (QED) is 0.468. The fourth-order valence-electron chi connectivity index (χ4n) is 1.83. The lowest BCUT2D eigenvalue weighted by atomic mass is 9.92. The molecule has 0 amide bonds. The molecule has 5 N–H and O–H groups in total. The molecule has 0 aliphatic heterocycles. The summed E-state index contributed by atoms with van der Waals surface area (Å²) < 4.78 is 11.7. The van der Waals surface area contributed by atoms with Crippen LogP contribution in [0.2, 0.25) is 39.3 Å². The molecular formula is C14H38N2O2Si2. The minimum Gasteiger partial charge on any atom is -0.418 e. The van der Waals surface area contributed by atoms with Gasteiger partial charge in [0.2, 0.25) is 0 Å². The molecular weight excluding hydrogens is 284 g/mol. The molecule has 0 heterocycles. The largest absolute Gasteiger partial charge is 0.418 e. The van der Waals surface area contributed by atoms with E-state index in [0.717, 1.165) is 38.9 Å². The average molecular weight is 323 g/mol. The average Bonchev–Trinajstić information content (AvgIpc) is 2.17. The Hall–Kier alpha value is 0.274. The van der Waals surface area contributed by atoms with Crippen LogP contribution in [0.25, 0.3) is 0 Å². The molecule has 0 rings (SSSR count). The first-order valence-corrected chi connectivity index (χ1v) is 14.3. The monoisotopic (exact) mass is 322 g/mol. The maximum absolute atomic E-state index is 6.33. The summed E-state index contributed by atoms with van der Waals surface area (Å²) in [6.45, 7) is 17.2. The molecule has 0 saturated carbocycles. The Bertz CT molecular complexity index is 225. The Morgan fingerprint density at radius 3 is 1.35 bits per heavy atom. The highest BCUT2D eigenvalue weighted by Crippen LogP contribution is 2.17. The van der Waals surface area contributed by atoms with E-state index >= 15 is 0 Å². The molecule has 4 nitrogen and oxygen atoms in total. The number of hydrogen-bond donors (Lipinski definition) is 2. The normalized spacial score (nSPS) is 13.2. The van der Waals surface area contributed by atoms with Crippen molar-refractivity contribution in [2.75, 3.05) is 13.2 Å². The van der Waals surface area contributed by atoms with E-state index in [1.165, 1.54) is 0 Å². The zero-order valence-corrected chi connectivity index (χ0v) is 16.8. The summed E-state index contributed by atoms with van der Waals surface area (Å²) >= 11 is 0. The third kappa shape index (κ3) is 16.3. The summed E-state index contributed by atoms with van der Waals surface area (Å²) in [6, 6.07) is 0. The van der Waals surface area contributed by atoms with Gasteiger partial charge in [-0.2, -0.15) is 0 Å². The predicted molar refractivity (Wildman–Crippen MR) is 94.7 cm³/mol. The van der Waals surface area contributed by atoms with Crippen molar-refractivity contribution < 1.29 is 8.85 Å². The Labute approximate surface area is 128 Å². The van der Waals surface area contributed by atoms with Crippen LogP contribution >= 0.6 is 0 Å². The molecule has 0 unspecified atom stereocenters. The van der Waals surface area contributed by atoms with Crippen LogP contribution in [0.3, 0.4) is 0 Å². The molecule has 20 heavy (non-hydrogen) atoms. The Morgan fingerprint density at radius 2 is 1.10 bits per heavy atom. The predicted octanol–water partition coefficient (Wildman–Crippen LogP) is 4.13. The van der Waals surface area contributed by atoms with Crippen molar-refractivity contribution >= 4 is 16.6 Å². The second-order valence-electron chi connectivity index (χ2n) is 7.78. The lowest BCUT2D eigenvalue weighted by molar-refractivity contribution is 0.252. The summed E-state index contributed by atoms with van der Waals surface area (Å²) in [5, 5.41) is 0. The molecule has 0 fully saturated rings. The van der Waals surface area contributed by atoms with E-state index in [4.69, 9.17) is 14.6 Å². The van der Waals surface area contributed by atoms with Crippen molar-refractivity contribution in [1.29, 1.82) is 0 Å². The molecule has 0 spiro atoms. The van der Waals surface area contributed by atoms with Crippen molar-refractivity contribution in [3.8, 4) is 0 Å². The van der Waals surface area contributed by atoms with Crippen LogP contribution in [0.4, 0.5) is 0 Å². The van der Waals surface area contributed by atoms with Gasteiger partial charge in [0, 0.05) is 18.8 Å². The van der Waals surface area contributed by atoms with Gasteiger partial charge in [0.25, 0.3) is 0 Å². The van der Waals surface area contributed by atoms with Gasteiger partial charge in [0.05, 0.1) is 0 Å². The van der Waals surface area contributed by atoms with Crippen LogP contribution in [-0.2, 0) is 8.85 Å². The zero-order valence-electron chi connectivity index (χ0n) is 14.8. The van der Waals surface area contributed by atoms with E-state index in [-0.39, 0.29) is 11.7 Å². The second kappa shape index (κ2) is 9.32. The molecule has 6 heteroatoms. The number of rotatable bonds is 10. The minimum atomic E-state index is -1.36. The molecule has 0 aliphatic carbocycles. The summed E-state index contributed by atoms with van der Waals surface area (Å²) in [4.78, 5) is 0. The standard InChI is InChI=1S/C14H35NO2Si2.H3N/c1-14(15,10-8-12-16-18(2,3)4)11-9-13-17-19(5,6)7;/h8-13,15H2,1-7H3;1H3. The molecule has 0 radical (unpaired) electrons. The summed E-state index contributed by atoms with van der Waals surface area (Å²) in [5.41, 5.74) is 6.25. The second-order valence-corrected chi connectivity index (χ2v) is 16.8. The van der Waals surface area contributed by atoms with Gasteiger partial charge < -0.3 is 20.7 Å². The maximum Gasteiger partial charge on any atom is 0.183 e. The molecule has 0 saturated heterocycles. The summed E-state index contributed by atoms with van der Waals surface area (Å²) in [7, 11) is -2.72. The molecule has 124 valence electrons. The first kappa shape index (κ1) is 22.6. The van der Waals surface area contributed by atoms with E-state index in [2.05, 4.69) is 46.2 Å². The van der Waals surface area contributed by atoms with Crippen LogP contribution in [0.5, 0.6) is 0 Å². The third-order valence-electron chi connectivity index (χ3n) is 2.85. The third-order valence-corrected chi connectivity index (χ3v) is 4.99. The first-order valence-electron chi connectivity index (χ1n) is 7.48. The van der Waals surface area contributed by atoms with E-state index < -0.39 is 16.6 Å². The molecule has 0 aromatic heterocycles. The summed E-state index contributed by atoms with van der Waals surface area (Å²) in [6.07, 6.45) is 4.19. The van der Waals surface area contributed by atoms with Gasteiger partial charge in [-0.05, 0) is 71.9 Å². The SMILES string of the molecule is CC(N)(CCCO[Si](C)(C)C)CCCO[Si](C)(C)C.N. The highest BCUT2D eigenvalue weighted by atomic mass is 28.4. The van der Waals surface area contributed by atoms with Crippen molar-refractivity contribution in [3.05, 3.63) is 0 Å². The van der Waals surface area contributed by atoms with Gasteiger partial charge in [-0.1, -0.05) is 0 Å². The first-order chi connectivity index (χ1) is 8.41. The molecule has 0 bridgehead atoms. The van der Waals surface area contributed by atoms with Gasteiger partial charge in [0.15, 0.2) is 16.6 Å². The summed E-state index contributed by atoms with van der Waals surface area (Å²) in [5.74, 6) is 0. The van der Waals surface area contributed by atoms with Gasteiger partial charge >= 0.3 is 0 Å². The Kier molecular flexibility index (Phi) is 10.5. The van der Waals surface area contributed by atoms with Crippen LogP contribution in [0.1, 0.15) is 32.6 Å². The fraction of sp³-hybridized carbons (Fsp3) is 1.00. The van der Waals surface area contributed by atoms with Crippen molar-refractivity contribution in [2.45, 2.75) is 77.4 Å². The van der Waals surface area contributed by atoms with E-state index in [1.807, 2.05) is 0 Å². The highest BCUT2D eigenvalue weighted by molar-refractivity contribution is 6.70. The Morgan fingerprint density at radius 1 is 0.800 bits per heavy atom. The zero-order chi connectivity index (χ0) is 15.2. The molecule has 0 aromatic rings. The highest BCUT2D eigenvalue weighted by Gasteiger charge is 2.20.